The highest BCUT2D eigenvalue weighted by Gasteiger charge is 2.36. The molecule has 1 amide bonds. The first-order valence-corrected chi connectivity index (χ1v) is 14.7. The molecular formula is C31H30F5N9O2. The molecule has 2 aliphatic rings. The topological polar surface area (TPSA) is 129 Å². The largest absolute Gasteiger partial charge is 0.462 e. The SMILES string of the molecule is C=C(F)C(=O)N1CCN(c2nc(OC[C@@H]3C[C@@H](F)CN3C)nc3cc(-c4cc(N)ccc4C(F)(F)F)n4ccnc4c23)C[C@@H]1CC#N. The molecule has 4 aromatic rings. The third-order valence-corrected chi connectivity index (χ3v) is 8.56. The second-order valence-electron chi connectivity index (χ2n) is 11.6. The minimum absolute atomic E-state index is 0.0294. The van der Waals surface area contributed by atoms with Gasteiger partial charge in [0.05, 0.1) is 40.7 Å². The quantitative estimate of drug-likeness (QED) is 0.175. The highest BCUT2D eigenvalue weighted by atomic mass is 19.4. The number of hydrogen-bond acceptors (Lipinski definition) is 9. The molecule has 0 bridgehead atoms. The number of aromatic nitrogens is 4. The van der Waals surface area contributed by atoms with E-state index in [1.54, 1.807) is 11.9 Å². The maximum atomic E-state index is 14.2. The summed E-state index contributed by atoms with van der Waals surface area (Å²) >= 11 is 0. The number of imidazole rings is 1. The number of anilines is 2. The average Bonchev–Trinajstić information content (AvgIpc) is 3.64. The lowest BCUT2D eigenvalue weighted by atomic mass is 10.0. The zero-order valence-corrected chi connectivity index (χ0v) is 25.2. The van der Waals surface area contributed by atoms with Crippen molar-refractivity contribution in [2.75, 3.05) is 50.5 Å². The number of nitrogens with zero attached hydrogens (tertiary/aromatic N) is 8. The first-order valence-electron chi connectivity index (χ1n) is 14.7. The van der Waals surface area contributed by atoms with Gasteiger partial charge >= 0.3 is 12.2 Å². The number of halogens is 5. The van der Waals surface area contributed by atoms with E-state index in [1.807, 2.05) is 11.0 Å². The van der Waals surface area contributed by atoms with Gasteiger partial charge in [-0.3, -0.25) is 14.1 Å². The summed E-state index contributed by atoms with van der Waals surface area (Å²) in [5.74, 6) is -1.78. The van der Waals surface area contributed by atoms with Crippen molar-refractivity contribution in [3.05, 3.63) is 54.6 Å². The van der Waals surface area contributed by atoms with E-state index in [2.05, 4.69) is 21.5 Å². The summed E-state index contributed by atoms with van der Waals surface area (Å²) in [5.41, 5.74) is 5.49. The molecule has 5 heterocycles. The molecule has 11 nitrogen and oxygen atoms in total. The Morgan fingerprint density at radius 3 is 2.66 bits per heavy atom. The fourth-order valence-corrected chi connectivity index (χ4v) is 6.30. The van der Waals surface area contributed by atoms with Gasteiger partial charge in [0.15, 0.2) is 5.83 Å². The first-order chi connectivity index (χ1) is 22.3. The molecule has 3 atom stereocenters. The van der Waals surface area contributed by atoms with E-state index in [1.165, 1.54) is 39.9 Å². The van der Waals surface area contributed by atoms with Crippen LogP contribution < -0.4 is 15.4 Å². The maximum Gasteiger partial charge on any atom is 0.417 e. The van der Waals surface area contributed by atoms with Gasteiger partial charge in [0.25, 0.3) is 5.91 Å². The van der Waals surface area contributed by atoms with Crippen molar-refractivity contribution in [1.82, 2.24) is 29.2 Å². The summed E-state index contributed by atoms with van der Waals surface area (Å²) in [6.45, 7) is 3.64. The molecule has 0 saturated carbocycles. The van der Waals surface area contributed by atoms with Crippen LogP contribution in [0.15, 0.2) is 49.1 Å². The minimum Gasteiger partial charge on any atom is -0.462 e. The third-order valence-electron chi connectivity index (χ3n) is 8.56. The van der Waals surface area contributed by atoms with Gasteiger partial charge in [-0.2, -0.15) is 28.4 Å². The number of rotatable bonds is 7. The summed E-state index contributed by atoms with van der Waals surface area (Å²) < 4.78 is 78.0. The van der Waals surface area contributed by atoms with E-state index in [0.29, 0.717) is 5.39 Å². The fraction of sp³-hybridized carbons (Fsp3) is 0.387. The number of nitrogen functional groups attached to an aromatic ring is 1. The number of pyridine rings is 1. The lowest BCUT2D eigenvalue weighted by Gasteiger charge is -2.41. The summed E-state index contributed by atoms with van der Waals surface area (Å²) in [4.78, 5) is 31.1. The molecule has 1 aromatic carbocycles. The van der Waals surface area contributed by atoms with Crippen molar-refractivity contribution in [3.63, 3.8) is 0 Å². The normalized spacial score (nSPS) is 20.6. The number of fused-ring (bicyclic) bond motifs is 3. The Morgan fingerprint density at radius 1 is 1.19 bits per heavy atom. The number of carbonyl (C=O) groups is 1. The van der Waals surface area contributed by atoms with Gasteiger partial charge in [-0.15, -0.1) is 0 Å². The molecule has 2 saturated heterocycles. The summed E-state index contributed by atoms with van der Waals surface area (Å²) in [5, 5.41) is 9.86. The highest BCUT2D eigenvalue weighted by Crippen LogP contribution is 2.41. The number of nitriles is 1. The molecule has 6 rings (SSSR count). The van der Waals surface area contributed by atoms with Crippen LogP contribution in [0.4, 0.5) is 33.5 Å². The molecule has 2 N–H and O–H groups in total. The molecule has 2 aliphatic heterocycles. The zero-order chi connectivity index (χ0) is 33.6. The summed E-state index contributed by atoms with van der Waals surface area (Å²) in [6.07, 6.45) is -2.65. The van der Waals surface area contributed by atoms with Crippen LogP contribution >= 0.6 is 0 Å². The van der Waals surface area contributed by atoms with Crippen molar-refractivity contribution >= 4 is 34.0 Å². The minimum atomic E-state index is -4.70. The van der Waals surface area contributed by atoms with E-state index < -0.39 is 35.7 Å². The lowest BCUT2D eigenvalue weighted by Crippen LogP contribution is -2.55. The van der Waals surface area contributed by atoms with Crippen LogP contribution in [0.3, 0.4) is 0 Å². The third kappa shape index (κ3) is 6.10. The van der Waals surface area contributed by atoms with Gasteiger partial charge in [-0.25, -0.2) is 13.8 Å². The predicted molar refractivity (Wildman–Crippen MR) is 163 cm³/mol. The fourth-order valence-electron chi connectivity index (χ4n) is 6.30. The monoisotopic (exact) mass is 655 g/mol. The van der Waals surface area contributed by atoms with Gasteiger partial charge in [-0.05, 0) is 37.7 Å². The average molecular weight is 656 g/mol. The van der Waals surface area contributed by atoms with Gasteiger partial charge in [0.1, 0.15) is 24.2 Å². The van der Waals surface area contributed by atoms with Crippen LogP contribution in [0.25, 0.3) is 27.8 Å². The number of piperazine rings is 1. The van der Waals surface area contributed by atoms with Crippen molar-refractivity contribution in [2.45, 2.75) is 37.3 Å². The van der Waals surface area contributed by atoms with Gasteiger partial charge in [-0.1, -0.05) is 6.58 Å². The van der Waals surface area contributed by atoms with Crippen LogP contribution in [0.1, 0.15) is 18.4 Å². The van der Waals surface area contributed by atoms with Gasteiger partial charge in [0.2, 0.25) is 0 Å². The molecule has 0 unspecified atom stereocenters. The number of benzene rings is 1. The number of alkyl halides is 4. The smallest absolute Gasteiger partial charge is 0.417 e. The molecule has 2 fully saturated rings. The van der Waals surface area contributed by atoms with E-state index in [0.717, 1.165) is 6.07 Å². The van der Waals surface area contributed by atoms with Crippen molar-refractivity contribution in [2.24, 2.45) is 0 Å². The number of likely N-dealkylation sites (N-methyl/N-ethyl adjacent to an activating group) is 1. The molecule has 0 aliphatic carbocycles. The molecule has 246 valence electrons. The molecule has 0 radical (unpaired) electrons. The first kappa shape index (κ1) is 31.9. The Bertz CT molecular complexity index is 1910. The summed E-state index contributed by atoms with van der Waals surface area (Å²) in [7, 11) is 1.77. The zero-order valence-electron chi connectivity index (χ0n) is 25.2. The summed E-state index contributed by atoms with van der Waals surface area (Å²) in [6, 6.07) is 5.71. The van der Waals surface area contributed by atoms with E-state index in [4.69, 9.17) is 10.5 Å². The molecule has 0 spiro atoms. The van der Waals surface area contributed by atoms with Crippen LogP contribution in [-0.4, -0.2) is 93.1 Å². The maximum absolute atomic E-state index is 14.2. The van der Waals surface area contributed by atoms with Crippen LogP contribution in [0, 0.1) is 11.3 Å². The number of nitrogens with two attached hydrogens (primary N) is 1. The number of hydrogen-bond donors (Lipinski definition) is 1. The van der Waals surface area contributed by atoms with Crippen LogP contribution in [0.5, 0.6) is 6.01 Å². The van der Waals surface area contributed by atoms with Crippen LogP contribution in [0.2, 0.25) is 0 Å². The Balaban J connectivity index is 1.51. The lowest BCUT2D eigenvalue weighted by molar-refractivity contribution is -0.137. The van der Waals surface area contributed by atoms with E-state index >= 15 is 0 Å². The van der Waals surface area contributed by atoms with Crippen molar-refractivity contribution in [3.8, 4) is 23.3 Å². The number of carbonyl (C=O) groups excluding carboxylic acids is 1. The molecule has 16 heteroatoms. The Kier molecular flexibility index (Phi) is 8.35. The Hall–Kier alpha value is -5.04. The number of likely N-dealkylation sites (tertiary alicyclic amines) is 1. The number of ether oxygens (including phenoxy) is 1. The van der Waals surface area contributed by atoms with Crippen LogP contribution in [-0.2, 0) is 11.0 Å². The van der Waals surface area contributed by atoms with E-state index in [9.17, 15) is 32.0 Å². The van der Waals surface area contributed by atoms with Crippen molar-refractivity contribution < 1.29 is 31.5 Å². The second-order valence-corrected chi connectivity index (χ2v) is 11.6. The molecular weight excluding hydrogens is 625 g/mol. The standard InChI is InChI=1S/C31H30F5N9O2/c1-17(32)29(46)44-10-9-43(15-20(44)5-6-37)28-26-24(40-30(41-28)47-16-21-11-18(33)14-42(21)2)13-25(45-8-7-39-27(26)45)22-12-19(38)3-4-23(22)31(34,35)36/h3-4,7-8,12-13,18,20-21H,1,5,9-11,14-16,38H2,2H3/t18-,20+,21+/m1/s1. The van der Waals surface area contributed by atoms with Gasteiger partial charge < -0.3 is 20.3 Å². The molecule has 47 heavy (non-hydrogen) atoms. The van der Waals surface area contributed by atoms with E-state index in [-0.39, 0.29) is 91.6 Å². The molecule has 3 aromatic heterocycles. The predicted octanol–water partition coefficient (Wildman–Crippen LogP) is 4.38. The van der Waals surface area contributed by atoms with Gasteiger partial charge in [0, 0.05) is 55.9 Å². The van der Waals surface area contributed by atoms with Crippen molar-refractivity contribution in [1.29, 1.82) is 5.26 Å². The highest BCUT2D eigenvalue weighted by molar-refractivity contribution is 6.03. The number of amides is 1. The Morgan fingerprint density at radius 2 is 1.98 bits per heavy atom. The second kappa shape index (κ2) is 12.3. The Labute approximate surface area is 265 Å².